The standard InChI is InChI=1S/C35H68O3/c1-4-5-6-7-8-9-10-11-14-17-20-23-26-29-32-37-35(36)38-33-30-27-24-21-18-15-12-13-16-19-22-25-28-31-34(2)3/h9-10,34H,4-8,11-33H2,1-3H3. The van der Waals surface area contributed by atoms with Crippen LogP contribution in [0.5, 0.6) is 0 Å². The molecule has 0 spiro atoms. The fraction of sp³-hybridized carbons (Fsp3) is 0.914. The van der Waals surface area contributed by atoms with Gasteiger partial charge in [-0.05, 0) is 44.4 Å². The summed E-state index contributed by atoms with van der Waals surface area (Å²) in [7, 11) is 0. The summed E-state index contributed by atoms with van der Waals surface area (Å²) >= 11 is 0. The molecular weight excluding hydrogens is 468 g/mol. The Hall–Kier alpha value is -0.990. The van der Waals surface area contributed by atoms with Gasteiger partial charge < -0.3 is 9.47 Å². The molecule has 0 rings (SSSR count). The molecule has 0 aliphatic carbocycles. The van der Waals surface area contributed by atoms with Gasteiger partial charge in [0.1, 0.15) is 0 Å². The van der Waals surface area contributed by atoms with E-state index in [2.05, 4.69) is 32.9 Å². The fourth-order valence-electron chi connectivity index (χ4n) is 4.95. The number of carbonyl (C=O) groups excluding carboxylic acids is 1. The summed E-state index contributed by atoms with van der Waals surface area (Å²) < 4.78 is 10.4. The van der Waals surface area contributed by atoms with Crippen LogP contribution in [-0.4, -0.2) is 19.4 Å². The van der Waals surface area contributed by atoms with Gasteiger partial charge in [0, 0.05) is 0 Å². The minimum absolute atomic E-state index is 0.480. The molecule has 0 N–H and O–H groups in total. The van der Waals surface area contributed by atoms with Crippen LogP contribution in [0.1, 0.15) is 188 Å². The maximum Gasteiger partial charge on any atom is 0.508 e. The molecule has 3 heteroatoms. The fourth-order valence-corrected chi connectivity index (χ4v) is 4.95. The van der Waals surface area contributed by atoms with Crippen molar-refractivity contribution in [3.8, 4) is 0 Å². The highest BCUT2D eigenvalue weighted by atomic mass is 16.7. The molecular formula is C35H68O3. The van der Waals surface area contributed by atoms with Crippen LogP contribution in [-0.2, 0) is 9.47 Å². The molecule has 0 aromatic carbocycles. The highest BCUT2D eigenvalue weighted by Crippen LogP contribution is 2.14. The lowest BCUT2D eigenvalue weighted by Crippen LogP contribution is -2.09. The van der Waals surface area contributed by atoms with Gasteiger partial charge in [-0.2, -0.15) is 0 Å². The summed E-state index contributed by atoms with van der Waals surface area (Å²) in [6, 6.07) is 0. The van der Waals surface area contributed by atoms with Crippen molar-refractivity contribution in [2.45, 2.75) is 188 Å². The van der Waals surface area contributed by atoms with Crippen LogP contribution in [0.2, 0.25) is 0 Å². The molecule has 0 saturated carbocycles. The summed E-state index contributed by atoms with van der Waals surface area (Å²) in [5.41, 5.74) is 0. The van der Waals surface area contributed by atoms with Gasteiger partial charge >= 0.3 is 6.16 Å². The van der Waals surface area contributed by atoms with Gasteiger partial charge in [-0.1, -0.05) is 161 Å². The van der Waals surface area contributed by atoms with Gasteiger partial charge in [0.05, 0.1) is 13.2 Å². The Morgan fingerprint density at radius 3 is 1.24 bits per heavy atom. The average molecular weight is 537 g/mol. The Labute approximate surface area is 239 Å². The lowest BCUT2D eigenvalue weighted by atomic mass is 10.0. The minimum atomic E-state index is -0.480. The smallest absolute Gasteiger partial charge is 0.434 e. The Bertz CT molecular complexity index is 486. The van der Waals surface area contributed by atoms with Gasteiger partial charge in [0.25, 0.3) is 0 Å². The third kappa shape index (κ3) is 33.0. The number of carbonyl (C=O) groups is 1. The van der Waals surface area contributed by atoms with E-state index in [-0.39, 0.29) is 0 Å². The zero-order valence-electron chi connectivity index (χ0n) is 26.3. The van der Waals surface area contributed by atoms with Crippen molar-refractivity contribution in [3.05, 3.63) is 12.2 Å². The molecule has 0 aromatic rings. The van der Waals surface area contributed by atoms with Crippen molar-refractivity contribution >= 4 is 6.16 Å². The van der Waals surface area contributed by atoms with Gasteiger partial charge in [0.15, 0.2) is 0 Å². The Balaban J connectivity index is 3.18. The maximum absolute atomic E-state index is 11.7. The quantitative estimate of drug-likeness (QED) is 0.0520. The molecule has 226 valence electrons. The molecule has 3 nitrogen and oxygen atoms in total. The SMILES string of the molecule is CCCCCCC=CCCCCCCCCOC(=O)OCCCCCCCCCCCCCCCC(C)C. The zero-order valence-corrected chi connectivity index (χ0v) is 26.3. The van der Waals surface area contributed by atoms with Gasteiger partial charge in [-0.25, -0.2) is 4.79 Å². The molecule has 0 aliphatic rings. The molecule has 0 atom stereocenters. The first-order valence-electron chi connectivity index (χ1n) is 17.1. The predicted molar refractivity (Wildman–Crippen MR) is 167 cm³/mol. The second kappa shape index (κ2) is 32.2. The van der Waals surface area contributed by atoms with E-state index in [1.807, 2.05) is 0 Å². The number of rotatable bonds is 30. The van der Waals surface area contributed by atoms with E-state index in [1.165, 1.54) is 141 Å². The summed E-state index contributed by atoms with van der Waals surface area (Å²) in [5.74, 6) is 0.867. The van der Waals surface area contributed by atoms with Crippen molar-refractivity contribution < 1.29 is 14.3 Å². The van der Waals surface area contributed by atoms with Crippen LogP contribution >= 0.6 is 0 Å². The second-order valence-electron chi connectivity index (χ2n) is 12.0. The maximum atomic E-state index is 11.7. The van der Waals surface area contributed by atoms with Crippen molar-refractivity contribution in [1.29, 1.82) is 0 Å². The molecule has 38 heavy (non-hydrogen) atoms. The Morgan fingerprint density at radius 1 is 0.500 bits per heavy atom. The van der Waals surface area contributed by atoms with E-state index in [0.29, 0.717) is 13.2 Å². The lowest BCUT2D eigenvalue weighted by molar-refractivity contribution is 0.0529. The van der Waals surface area contributed by atoms with E-state index in [9.17, 15) is 4.79 Å². The molecule has 0 amide bonds. The number of allylic oxidation sites excluding steroid dienone is 2. The first-order valence-corrected chi connectivity index (χ1v) is 17.1. The summed E-state index contributed by atoms with van der Waals surface area (Å²) in [5, 5.41) is 0. The molecule has 0 heterocycles. The van der Waals surface area contributed by atoms with E-state index in [4.69, 9.17) is 9.47 Å². The second-order valence-corrected chi connectivity index (χ2v) is 12.0. The topological polar surface area (TPSA) is 35.5 Å². The first-order chi connectivity index (χ1) is 18.7. The van der Waals surface area contributed by atoms with Crippen LogP contribution in [0, 0.1) is 5.92 Å². The summed E-state index contributed by atoms with van der Waals surface area (Å²) in [6.45, 7) is 7.91. The van der Waals surface area contributed by atoms with E-state index in [1.54, 1.807) is 0 Å². The van der Waals surface area contributed by atoms with E-state index < -0.39 is 6.16 Å². The number of hydrogen-bond donors (Lipinski definition) is 0. The molecule has 0 aliphatic heterocycles. The van der Waals surface area contributed by atoms with Crippen molar-refractivity contribution in [2.24, 2.45) is 5.92 Å². The van der Waals surface area contributed by atoms with Crippen LogP contribution in [0.15, 0.2) is 12.2 Å². The molecule has 0 unspecified atom stereocenters. The number of unbranched alkanes of at least 4 members (excludes halogenated alkanes) is 22. The highest BCUT2D eigenvalue weighted by Gasteiger charge is 2.03. The van der Waals surface area contributed by atoms with Gasteiger partial charge in [-0.15, -0.1) is 0 Å². The molecule has 0 aromatic heterocycles. The molecule has 0 saturated heterocycles. The van der Waals surface area contributed by atoms with Crippen LogP contribution in [0.4, 0.5) is 4.79 Å². The average Bonchev–Trinajstić information content (AvgIpc) is 2.90. The van der Waals surface area contributed by atoms with Crippen molar-refractivity contribution in [3.63, 3.8) is 0 Å². The van der Waals surface area contributed by atoms with Crippen molar-refractivity contribution in [2.75, 3.05) is 13.2 Å². The number of hydrogen-bond acceptors (Lipinski definition) is 3. The van der Waals surface area contributed by atoms with Gasteiger partial charge in [-0.3, -0.25) is 0 Å². The number of ether oxygens (including phenoxy) is 2. The largest absolute Gasteiger partial charge is 0.508 e. The van der Waals surface area contributed by atoms with E-state index in [0.717, 1.165) is 31.6 Å². The summed E-state index contributed by atoms with van der Waals surface area (Å²) in [4.78, 5) is 11.7. The van der Waals surface area contributed by atoms with E-state index >= 15 is 0 Å². The third-order valence-electron chi connectivity index (χ3n) is 7.52. The molecule has 0 fully saturated rings. The van der Waals surface area contributed by atoms with Crippen LogP contribution < -0.4 is 0 Å². The van der Waals surface area contributed by atoms with Crippen LogP contribution in [0.25, 0.3) is 0 Å². The zero-order chi connectivity index (χ0) is 27.8. The Kier molecular flexibility index (Phi) is 31.4. The minimum Gasteiger partial charge on any atom is -0.434 e. The normalized spacial score (nSPS) is 11.6. The Morgan fingerprint density at radius 2 is 0.842 bits per heavy atom. The first kappa shape index (κ1) is 37.0. The monoisotopic (exact) mass is 537 g/mol. The van der Waals surface area contributed by atoms with Crippen molar-refractivity contribution in [1.82, 2.24) is 0 Å². The highest BCUT2D eigenvalue weighted by molar-refractivity contribution is 5.59. The lowest BCUT2D eigenvalue weighted by Gasteiger charge is -2.07. The van der Waals surface area contributed by atoms with Crippen LogP contribution in [0.3, 0.4) is 0 Å². The molecule has 0 bridgehead atoms. The molecule has 0 radical (unpaired) electrons. The van der Waals surface area contributed by atoms with Gasteiger partial charge in [0.2, 0.25) is 0 Å². The summed E-state index contributed by atoms with van der Waals surface area (Å²) in [6.07, 6.45) is 38.1. The third-order valence-corrected chi connectivity index (χ3v) is 7.52. The predicted octanol–water partition coefficient (Wildman–Crippen LogP) is 12.5.